The van der Waals surface area contributed by atoms with Crippen molar-refractivity contribution in [2.24, 2.45) is 0 Å². The Kier molecular flexibility index (Phi) is 24.0. The SMILES string of the molecule is Cc1ccc2nc(C(C)(C)C)sc2c1.Cc1ccc2nc(C(C)(C)C)sc2c1.Cc1ccc2nc(C(C)(C)C)sc2c1.Cc1ccc2nc(C(C)(C)C)sc2c1.Cc1ccc2nc(C(C)(C)C)sc2n1.Cc1ccc2nc(C(C)(C)C)sc2n1.Cc1ccc2nc(C(C)(C)C)sc2n1. The average Bonchev–Trinajstić information content (AvgIpc) is 1.74. The topological polar surface area (TPSA) is 129 Å². The minimum atomic E-state index is 0.124. The van der Waals surface area contributed by atoms with Gasteiger partial charge in [-0.2, -0.15) is 0 Å². The lowest BCUT2D eigenvalue weighted by atomic mass is 9.98. The van der Waals surface area contributed by atoms with Crippen molar-refractivity contribution in [3.63, 3.8) is 0 Å². The van der Waals surface area contributed by atoms with Gasteiger partial charge in [0.25, 0.3) is 0 Å². The number of hydrogen-bond donors (Lipinski definition) is 0. The van der Waals surface area contributed by atoms with Crippen LogP contribution in [0.5, 0.6) is 0 Å². The van der Waals surface area contributed by atoms with Crippen LogP contribution in [-0.4, -0.2) is 49.8 Å². The van der Waals surface area contributed by atoms with Gasteiger partial charge in [0.05, 0.1) is 60.9 Å². The molecule has 0 unspecified atom stereocenters. The van der Waals surface area contributed by atoms with Crippen molar-refractivity contribution in [2.75, 3.05) is 0 Å². The third-order valence-electron chi connectivity index (χ3n) is 14.9. The first-order valence-corrected chi connectivity index (χ1v) is 39.2. The highest BCUT2D eigenvalue weighted by Gasteiger charge is 2.24. The molecule has 0 atom stereocenters. The molecule has 0 aliphatic rings. The lowest BCUT2D eigenvalue weighted by Crippen LogP contribution is -2.09. The molecule has 14 rings (SSSR count). The summed E-state index contributed by atoms with van der Waals surface area (Å²) in [6.07, 6.45) is 0. The smallest absolute Gasteiger partial charge is 0.143 e. The van der Waals surface area contributed by atoms with Gasteiger partial charge in [-0.15, -0.1) is 45.3 Å². The number of nitrogens with zero attached hydrogens (tertiary/aromatic N) is 10. The van der Waals surface area contributed by atoms with Gasteiger partial charge in [-0.3, -0.25) is 0 Å². The summed E-state index contributed by atoms with van der Waals surface area (Å²) in [6, 6.07) is 37.9. The Bertz CT molecular complexity index is 4130. The molecule has 0 N–H and O–H groups in total. The number of benzene rings is 4. The van der Waals surface area contributed by atoms with E-state index < -0.39 is 0 Å². The molecule has 10 aromatic heterocycles. The van der Waals surface area contributed by atoms with Crippen molar-refractivity contribution in [2.45, 2.75) is 232 Å². The van der Waals surface area contributed by atoms with Crippen LogP contribution in [0.2, 0.25) is 0 Å². The number of aryl methyl sites for hydroxylation is 7. The van der Waals surface area contributed by atoms with Crippen LogP contribution in [0, 0.1) is 48.5 Å². The molecule has 0 radical (unpaired) electrons. The van der Waals surface area contributed by atoms with Crippen LogP contribution in [0.25, 0.3) is 71.9 Å². The molecule has 518 valence electrons. The van der Waals surface area contributed by atoms with Gasteiger partial charge in [-0.05, 0) is 156 Å². The van der Waals surface area contributed by atoms with E-state index in [-0.39, 0.29) is 37.9 Å². The molecular weight excluding hydrogens is 1340 g/mol. The van der Waals surface area contributed by atoms with Crippen LogP contribution in [-0.2, 0) is 37.9 Å². The summed E-state index contributed by atoms with van der Waals surface area (Å²) < 4.78 is 5.20. The van der Waals surface area contributed by atoms with Gasteiger partial charge in [-0.25, -0.2) is 49.8 Å². The van der Waals surface area contributed by atoms with E-state index in [0.29, 0.717) is 0 Å². The maximum absolute atomic E-state index is 4.64. The molecule has 0 fully saturated rings. The van der Waals surface area contributed by atoms with E-state index in [1.54, 1.807) is 34.0 Å². The van der Waals surface area contributed by atoms with Gasteiger partial charge in [0, 0.05) is 55.0 Å². The molecular formula is C81H102N10S7. The fourth-order valence-electron chi connectivity index (χ4n) is 9.10. The standard InChI is InChI=1S/4C12H15NS.3C11H14N2S/c4*1-8-5-6-9-10(7-8)14-11(13-9)12(2,3)4;3*1-7-5-6-8-9(12-7)14-10(13-8)11(2,3)4/h4*5-7H,1-4H3;3*5-6H,1-4H3. The molecule has 0 aliphatic heterocycles. The normalized spacial score (nSPS) is 12.3. The van der Waals surface area contributed by atoms with Gasteiger partial charge >= 0.3 is 0 Å². The highest BCUT2D eigenvalue weighted by molar-refractivity contribution is 7.20. The Balaban J connectivity index is 0.000000146. The highest BCUT2D eigenvalue weighted by atomic mass is 32.1. The summed E-state index contributed by atoms with van der Waals surface area (Å²) in [6.45, 7) is 60.6. The fraction of sp³-hybridized carbons (Fsp3) is 0.432. The molecule has 0 saturated carbocycles. The van der Waals surface area contributed by atoms with Gasteiger partial charge in [0.1, 0.15) is 46.1 Å². The minimum Gasteiger partial charge on any atom is -0.241 e. The number of thiazole rings is 7. The van der Waals surface area contributed by atoms with Crippen molar-refractivity contribution in [1.29, 1.82) is 0 Å². The summed E-state index contributed by atoms with van der Waals surface area (Å²) in [5.74, 6) is 0. The summed E-state index contributed by atoms with van der Waals surface area (Å²) in [5, 5.41) is 8.36. The lowest BCUT2D eigenvalue weighted by Gasteiger charge is -2.13. The minimum absolute atomic E-state index is 0.124. The fourth-order valence-corrected chi connectivity index (χ4v) is 16.7. The van der Waals surface area contributed by atoms with E-state index in [4.69, 9.17) is 0 Å². The largest absolute Gasteiger partial charge is 0.241 e. The van der Waals surface area contributed by atoms with E-state index >= 15 is 0 Å². The molecule has 0 bridgehead atoms. The van der Waals surface area contributed by atoms with E-state index in [1.807, 2.05) is 103 Å². The molecule has 10 heterocycles. The maximum atomic E-state index is 4.64. The second-order valence-corrected chi connectivity index (χ2v) is 39.7. The molecule has 17 heteroatoms. The first kappa shape index (κ1) is 77.3. The van der Waals surface area contributed by atoms with E-state index in [0.717, 1.165) is 85.2 Å². The van der Waals surface area contributed by atoms with Crippen molar-refractivity contribution < 1.29 is 0 Å². The van der Waals surface area contributed by atoms with Crippen molar-refractivity contribution in [3.8, 4) is 0 Å². The van der Waals surface area contributed by atoms with Crippen molar-refractivity contribution >= 4 is 151 Å². The molecule has 0 spiro atoms. The zero-order chi connectivity index (χ0) is 72.4. The van der Waals surface area contributed by atoms with Crippen molar-refractivity contribution in [3.05, 3.63) is 184 Å². The first-order chi connectivity index (χ1) is 45.3. The zero-order valence-electron chi connectivity index (χ0n) is 63.2. The molecule has 98 heavy (non-hydrogen) atoms. The predicted octanol–water partition coefficient (Wildman–Crippen LogP) is 25.5. The van der Waals surface area contributed by atoms with Gasteiger partial charge in [-0.1, -0.05) is 204 Å². The molecule has 0 amide bonds. The Labute approximate surface area is 611 Å². The summed E-state index contributed by atoms with van der Waals surface area (Å²) >= 11 is 12.3. The predicted molar refractivity (Wildman–Crippen MR) is 435 cm³/mol. The highest BCUT2D eigenvalue weighted by Crippen LogP contribution is 2.37. The molecule has 10 nitrogen and oxygen atoms in total. The van der Waals surface area contributed by atoms with Crippen LogP contribution in [0.1, 0.15) is 220 Å². The van der Waals surface area contributed by atoms with Crippen LogP contribution < -0.4 is 0 Å². The van der Waals surface area contributed by atoms with Crippen molar-refractivity contribution in [1.82, 2.24) is 49.8 Å². The van der Waals surface area contributed by atoms with Gasteiger partial charge < -0.3 is 0 Å². The third-order valence-corrected chi connectivity index (χ3v) is 24.8. The second-order valence-electron chi connectivity index (χ2n) is 32.6. The number of aromatic nitrogens is 10. The maximum Gasteiger partial charge on any atom is 0.143 e. The molecule has 0 saturated heterocycles. The summed E-state index contributed by atoms with van der Waals surface area (Å²) in [4.78, 5) is 48.9. The summed E-state index contributed by atoms with van der Waals surface area (Å²) in [5.41, 5.74) is 17.0. The number of pyridine rings is 3. The Morgan fingerprint density at radius 1 is 0.194 bits per heavy atom. The number of hydrogen-bond acceptors (Lipinski definition) is 17. The molecule has 14 aromatic rings. The lowest BCUT2D eigenvalue weighted by molar-refractivity contribution is 0.586. The monoisotopic (exact) mass is 1440 g/mol. The van der Waals surface area contributed by atoms with Crippen LogP contribution in [0.3, 0.4) is 0 Å². The first-order valence-electron chi connectivity index (χ1n) is 33.5. The van der Waals surface area contributed by atoms with Crippen LogP contribution in [0.15, 0.2) is 109 Å². The van der Waals surface area contributed by atoms with E-state index in [9.17, 15) is 0 Å². The summed E-state index contributed by atoms with van der Waals surface area (Å²) in [7, 11) is 0. The average molecular weight is 1440 g/mol. The molecule has 0 aliphatic carbocycles. The van der Waals surface area contributed by atoms with Crippen LogP contribution >= 0.6 is 79.4 Å². The van der Waals surface area contributed by atoms with Crippen LogP contribution in [0.4, 0.5) is 0 Å². The quantitative estimate of drug-likeness (QED) is 0.145. The number of rotatable bonds is 0. The Hall–Kier alpha value is -6.44. The third kappa shape index (κ3) is 21.1. The Morgan fingerprint density at radius 2 is 0.357 bits per heavy atom. The van der Waals surface area contributed by atoms with E-state index in [2.05, 4.69) is 296 Å². The Morgan fingerprint density at radius 3 is 0.541 bits per heavy atom. The second kappa shape index (κ2) is 30.4. The van der Waals surface area contributed by atoms with Gasteiger partial charge in [0.2, 0.25) is 0 Å². The zero-order valence-corrected chi connectivity index (χ0v) is 68.9. The van der Waals surface area contributed by atoms with E-state index in [1.165, 1.54) is 61.1 Å². The number of fused-ring (bicyclic) bond motifs is 7. The van der Waals surface area contributed by atoms with Gasteiger partial charge in [0.15, 0.2) is 0 Å². The molecule has 4 aromatic carbocycles.